The van der Waals surface area contributed by atoms with Crippen molar-refractivity contribution in [3.05, 3.63) is 46.4 Å². The number of benzene rings is 2. The summed E-state index contributed by atoms with van der Waals surface area (Å²) in [5.74, 6) is -0.0968. The number of carbonyl (C=O) groups is 1. The SMILES string of the molecule is COc1ccc(S(=O)(=O)N2CCCC(C(=O)Nc3c(Cl)cccc3Cl)C2)cc1OC. The van der Waals surface area contributed by atoms with Crippen LogP contribution in [0.1, 0.15) is 12.8 Å². The lowest BCUT2D eigenvalue weighted by atomic mass is 9.98. The maximum atomic E-state index is 13.1. The molecule has 162 valence electrons. The van der Waals surface area contributed by atoms with Gasteiger partial charge in [0.25, 0.3) is 0 Å². The van der Waals surface area contributed by atoms with Crippen LogP contribution in [0.3, 0.4) is 0 Å². The number of sulfonamides is 1. The molecule has 0 spiro atoms. The standard InChI is InChI=1S/C20H22Cl2N2O5S/c1-28-17-9-8-14(11-18(17)29-2)30(26,27)24-10-4-5-13(12-24)20(25)23-19-15(21)6-3-7-16(19)22/h3,6-9,11,13H,4-5,10,12H2,1-2H3,(H,23,25). The Morgan fingerprint density at radius 1 is 1.10 bits per heavy atom. The summed E-state index contributed by atoms with van der Waals surface area (Å²) in [6, 6.07) is 9.35. The predicted molar refractivity (Wildman–Crippen MR) is 116 cm³/mol. The molecule has 30 heavy (non-hydrogen) atoms. The zero-order valence-corrected chi connectivity index (χ0v) is 18.9. The molecule has 1 saturated heterocycles. The second-order valence-electron chi connectivity index (χ2n) is 6.80. The first kappa shape index (κ1) is 22.7. The molecule has 0 aromatic heterocycles. The number of para-hydroxylation sites is 1. The Kier molecular flexibility index (Phi) is 7.13. The molecule has 1 atom stereocenters. The van der Waals surface area contributed by atoms with Crippen LogP contribution in [-0.2, 0) is 14.8 Å². The molecule has 1 amide bonds. The van der Waals surface area contributed by atoms with Gasteiger partial charge in [0, 0.05) is 19.2 Å². The van der Waals surface area contributed by atoms with E-state index < -0.39 is 15.9 Å². The molecule has 1 aliphatic rings. The second-order valence-corrected chi connectivity index (χ2v) is 9.56. The molecule has 3 rings (SSSR count). The topological polar surface area (TPSA) is 84.9 Å². The number of nitrogens with zero attached hydrogens (tertiary/aromatic N) is 1. The fraction of sp³-hybridized carbons (Fsp3) is 0.350. The minimum atomic E-state index is -3.81. The molecule has 0 bridgehead atoms. The van der Waals surface area contributed by atoms with E-state index in [4.69, 9.17) is 32.7 Å². The van der Waals surface area contributed by atoms with Gasteiger partial charge in [-0.1, -0.05) is 29.3 Å². The van der Waals surface area contributed by atoms with Crippen LogP contribution in [-0.4, -0.2) is 45.9 Å². The lowest BCUT2D eigenvalue weighted by molar-refractivity contribution is -0.120. The number of carbonyl (C=O) groups excluding carboxylic acids is 1. The molecule has 1 aliphatic heterocycles. The van der Waals surface area contributed by atoms with Crippen LogP contribution in [0.25, 0.3) is 0 Å². The maximum absolute atomic E-state index is 13.1. The molecule has 1 N–H and O–H groups in total. The van der Waals surface area contributed by atoms with Gasteiger partial charge in [-0.2, -0.15) is 4.31 Å². The van der Waals surface area contributed by atoms with Gasteiger partial charge in [0.1, 0.15) is 0 Å². The smallest absolute Gasteiger partial charge is 0.243 e. The summed E-state index contributed by atoms with van der Waals surface area (Å²) >= 11 is 12.2. The first-order valence-corrected chi connectivity index (χ1v) is 11.4. The summed E-state index contributed by atoms with van der Waals surface area (Å²) in [7, 11) is -0.892. The molecule has 1 heterocycles. The van der Waals surface area contributed by atoms with Gasteiger partial charge < -0.3 is 14.8 Å². The van der Waals surface area contributed by atoms with E-state index in [1.165, 1.54) is 30.7 Å². The zero-order valence-electron chi connectivity index (χ0n) is 16.5. The highest BCUT2D eigenvalue weighted by Crippen LogP contribution is 2.33. The van der Waals surface area contributed by atoms with Gasteiger partial charge in [-0.3, -0.25) is 4.79 Å². The van der Waals surface area contributed by atoms with Crippen LogP contribution >= 0.6 is 23.2 Å². The van der Waals surface area contributed by atoms with Gasteiger partial charge in [0.15, 0.2) is 11.5 Å². The molecule has 2 aromatic rings. The first-order chi connectivity index (χ1) is 14.3. The van der Waals surface area contributed by atoms with Gasteiger partial charge >= 0.3 is 0 Å². The van der Waals surface area contributed by atoms with Crippen molar-refractivity contribution in [2.45, 2.75) is 17.7 Å². The molecule has 0 aliphatic carbocycles. The highest BCUT2D eigenvalue weighted by atomic mass is 35.5. The highest BCUT2D eigenvalue weighted by Gasteiger charge is 2.34. The number of amides is 1. The molecule has 2 aromatic carbocycles. The Bertz CT molecular complexity index is 1030. The van der Waals surface area contributed by atoms with Crippen LogP contribution in [0.15, 0.2) is 41.3 Å². The minimum absolute atomic E-state index is 0.0601. The molecule has 1 unspecified atom stereocenters. The highest BCUT2D eigenvalue weighted by molar-refractivity contribution is 7.89. The molecular formula is C20H22Cl2N2O5S. The number of rotatable bonds is 6. The van der Waals surface area contributed by atoms with Gasteiger partial charge in [-0.05, 0) is 37.1 Å². The summed E-state index contributed by atoms with van der Waals surface area (Å²) in [6.07, 6.45) is 1.12. The summed E-state index contributed by atoms with van der Waals surface area (Å²) in [4.78, 5) is 12.9. The fourth-order valence-corrected chi connectivity index (χ4v) is 5.38. The fourth-order valence-electron chi connectivity index (χ4n) is 3.34. The van der Waals surface area contributed by atoms with Crippen LogP contribution in [0, 0.1) is 5.92 Å². The number of halogens is 2. The van der Waals surface area contributed by atoms with Crippen LogP contribution in [0.5, 0.6) is 11.5 Å². The quantitative estimate of drug-likeness (QED) is 0.685. The third-order valence-electron chi connectivity index (χ3n) is 4.96. The van der Waals surface area contributed by atoms with Crippen molar-refractivity contribution in [3.63, 3.8) is 0 Å². The Hall–Kier alpha value is -2.00. The Labute approximate surface area is 185 Å². The monoisotopic (exact) mass is 472 g/mol. The van der Waals surface area contributed by atoms with Gasteiger partial charge in [0.05, 0.1) is 40.8 Å². The Morgan fingerprint density at radius 3 is 2.40 bits per heavy atom. The number of ether oxygens (including phenoxy) is 2. The van der Waals surface area contributed by atoms with Crippen molar-refractivity contribution in [2.75, 3.05) is 32.6 Å². The summed E-state index contributed by atoms with van der Waals surface area (Å²) in [5.41, 5.74) is 0.325. The largest absolute Gasteiger partial charge is 0.493 e. The van der Waals surface area contributed by atoms with E-state index in [1.54, 1.807) is 24.3 Å². The summed E-state index contributed by atoms with van der Waals surface area (Å²) in [5, 5.41) is 3.37. The number of hydrogen-bond donors (Lipinski definition) is 1. The van der Waals surface area contributed by atoms with E-state index in [2.05, 4.69) is 5.32 Å². The summed E-state index contributed by atoms with van der Waals surface area (Å²) < 4.78 is 38.0. The Balaban J connectivity index is 1.79. The number of hydrogen-bond acceptors (Lipinski definition) is 5. The number of piperidine rings is 1. The maximum Gasteiger partial charge on any atom is 0.243 e. The minimum Gasteiger partial charge on any atom is -0.493 e. The van der Waals surface area contributed by atoms with E-state index in [-0.39, 0.29) is 17.3 Å². The van der Waals surface area contributed by atoms with Crippen molar-refractivity contribution in [2.24, 2.45) is 5.92 Å². The third kappa shape index (κ3) is 4.67. The molecule has 0 radical (unpaired) electrons. The van der Waals surface area contributed by atoms with Crippen molar-refractivity contribution < 1.29 is 22.7 Å². The number of anilines is 1. The van der Waals surface area contributed by atoms with E-state index in [0.29, 0.717) is 46.6 Å². The zero-order chi connectivity index (χ0) is 21.9. The van der Waals surface area contributed by atoms with Gasteiger partial charge in [0.2, 0.25) is 15.9 Å². The third-order valence-corrected chi connectivity index (χ3v) is 7.45. The average Bonchev–Trinajstić information content (AvgIpc) is 2.75. The number of methoxy groups -OCH3 is 2. The van der Waals surface area contributed by atoms with Crippen LogP contribution in [0.4, 0.5) is 5.69 Å². The van der Waals surface area contributed by atoms with Gasteiger partial charge in [-0.15, -0.1) is 0 Å². The second kappa shape index (κ2) is 9.43. The molecule has 1 fully saturated rings. The molecule has 7 nitrogen and oxygen atoms in total. The van der Waals surface area contributed by atoms with Crippen LogP contribution in [0.2, 0.25) is 10.0 Å². The lowest BCUT2D eigenvalue weighted by Gasteiger charge is -2.31. The number of nitrogens with one attached hydrogen (secondary N) is 1. The molecular weight excluding hydrogens is 451 g/mol. The van der Waals surface area contributed by atoms with E-state index >= 15 is 0 Å². The first-order valence-electron chi connectivity index (χ1n) is 9.25. The van der Waals surface area contributed by atoms with E-state index in [9.17, 15) is 13.2 Å². The van der Waals surface area contributed by atoms with E-state index in [0.717, 1.165) is 0 Å². The normalized spacial score (nSPS) is 17.4. The van der Waals surface area contributed by atoms with Crippen LogP contribution < -0.4 is 14.8 Å². The van der Waals surface area contributed by atoms with Crippen molar-refractivity contribution >= 4 is 44.8 Å². The van der Waals surface area contributed by atoms with Crippen molar-refractivity contribution in [1.82, 2.24) is 4.31 Å². The van der Waals surface area contributed by atoms with Gasteiger partial charge in [-0.25, -0.2) is 8.42 Å². The predicted octanol–water partition coefficient (Wildman–Crippen LogP) is 4.05. The van der Waals surface area contributed by atoms with E-state index in [1.807, 2.05) is 0 Å². The van der Waals surface area contributed by atoms with Crippen molar-refractivity contribution in [3.8, 4) is 11.5 Å². The molecule has 10 heteroatoms. The summed E-state index contributed by atoms with van der Waals surface area (Å²) in [6.45, 7) is 0.387. The van der Waals surface area contributed by atoms with Crippen molar-refractivity contribution in [1.29, 1.82) is 0 Å². The molecule has 0 saturated carbocycles. The average molecular weight is 473 g/mol. The Morgan fingerprint density at radius 2 is 1.77 bits per heavy atom. The lowest BCUT2D eigenvalue weighted by Crippen LogP contribution is -2.43.